The highest BCUT2D eigenvalue weighted by molar-refractivity contribution is 8.10. The highest BCUT2D eigenvalue weighted by Gasteiger charge is 2.62. The van der Waals surface area contributed by atoms with E-state index < -0.39 is 39.7 Å². The van der Waals surface area contributed by atoms with Gasteiger partial charge in [-0.25, -0.2) is 21.2 Å². The lowest BCUT2D eigenvalue weighted by Gasteiger charge is -2.32. The van der Waals surface area contributed by atoms with E-state index in [4.69, 9.17) is 11.6 Å². The van der Waals surface area contributed by atoms with Gasteiger partial charge in [0.2, 0.25) is 19.7 Å². The molecule has 1 heterocycles. The van der Waals surface area contributed by atoms with Crippen LogP contribution in [0.3, 0.4) is 0 Å². The van der Waals surface area contributed by atoms with Crippen LogP contribution < -0.4 is 4.90 Å². The molecule has 1 atom stereocenters. The van der Waals surface area contributed by atoms with Crippen molar-refractivity contribution in [3.63, 3.8) is 0 Å². The Morgan fingerprint density at radius 3 is 1.77 bits per heavy atom. The first-order valence-corrected chi connectivity index (χ1v) is 14.1. The number of allylic oxidation sites excluding steroid dienone is 1. The Bertz CT molecular complexity index is 1400. The molecule has 0 saturated carbocycles. The van der Waals surface area contributed by atoms with E-state index in [0.717, 1.165) is 6.08 Å². The minimum Gasteiger partial charge on any atom is -0.363 e. The highest BCUT2D eigenvalue weighted by atomic mass is 35.5. The number of hydrogen-bond acceptors (Lipinski definition) is 5. The van der Waals surface area contributed by atoms with E-state index in [0.29, 0.717) is 18.8 Å². The molecule has 182 valence electrons. The third-order valence-corrected chi connectivity index (χ3v) is 11.3. The van der Waals surface area contributed by atoms with Gasteiger partial charge in [-0.05, 0) is 42.0 Å². The molecule has 0 aromatic heterocycles. The Morgan fingerprint density at radius 2 is 1.34 bits per heavy atom. The van der Waals surface area contributed by atoms with Crippen molar-refractivity contribution in [2.24, 2.45) is 0 Å². The molecule has 0 saturated heterocycles. The molecule has 35 heavy (non-hydrogen) atoms. The molecule has 0 amide bonds. The summed E-state index contributed by atoms with van der Waals surface area (Å²) in [5, 5.41) is 0.245. The number of rotatable bonds is 8. The fourth-order valence-corrected chi connectivity index (χ4v) is 8.97. The summed E-state index contributed by atoms with van der Waals surface area (Å²) in [5.41, 5.74) is 0.743. The first-order valence-electron chi connectivity index (χ1n) is 10.7. The van der Waals surface area contributed by atoms with Crippen molar-refractivity contribution >= 4 is 37.0 Å². The Kier molecular flexibility index (Phi) is 6.90. The third kappa shape index (κ3) is 4.20. The van der Waals surface area contributed by atoms with E-state index in [1.165, 1.54) is 60.7 Å². The van der Waals surface area contributed by atoms with Gasteiger partial charge in [0.1, 0.15) is 0 Å². The number of benzene rings is 3. The Morgan fingerprint density at radius 1 is 0.857 bits per heavy atom. The van der Waals surface area contributed by atoms with E-state index >= 15 is 4.39 Å². The van der Waals surface area contributed by atoms with E-state index in [-0.39, 0.29) is 10.6 Å². The predicted molar refractivity (Wildman–Crippen MR) is 137 cm³/mol. The molecule has 0 fully saturated rings. The van der Waals surface area contributed by atoms with Crippen LogP contribution in [0.5, 0.6) is 0 Å². The standard InChI is InChI=1S/C26H23ClFNO4S2/c1-2-23(20-15-16-25(24(27)19-20)29-17-9-10-18-29)26(28,34(30,31)21-11-5-3-6-12-21)35(32,33)22-13-7-4-8-14-22/h2-16,19,23H,1,17-18H2/t23-/m0/s1. The average molecular weight is 532 g/mol. The van der Waals surface area contributed by atoms with Crippen LogP contribution in [-0.2, 0) is 19.7 Å². The third-order valence-electron chi connectivity index (χ3n) is 5.94. The normalized spacial score (nSPS) is 15.2. The first-order chi connectivity index (χ1) is 16.6. The molecular weight excluding hydrogens is 509 g/mol. The maximum Gasteiger partial charge on any atom is 0.327 e. The second kappa shape index (κ2) is 9.60. The highest BCUT2D eigenvalue weighted by Crippen LogP contribution is 2.48. The molecule has 0 bridgehead atoms. The van der Waals surface area contributed by atoms with Crippen molar-refractivity contribution < 1.29 is 21.2 Å². The van der Waals surface area contributed by atoms with Gasteiger partial charge in [-0.15, -0.1) is 6.58 Å². The Labute approximate surface area is 210 Å². The number of anilines is 1. The van der Waals surface area contributed by atoms with E-state index in [1.807, 2.05) is 17.1 Å². The van der Waals surface area contributed by atoms with Gasteiger partial charge in [0.25, 0.3) is 0 Å². The average Bonchev–Trinajstić information content (AvgIpc) is 3.40. The van der Waals surface area contributed by atoms with Crippen LogP contribution in [-0.4, -0.2) is 34.3 Å². The van der Waals surface area contributed by atoms with Gasteiger partial charge < -0.3 is 4.90 Å². The van der Waals surface area contributed by atoms with Crippen LogP contribution in [0.25, 0.3) is 0 Å². The van der Waals surface area contributed by atoms with Crippen molar-refractivity contribution in [1.82, 2.24) is 0 Å². The van der Waals surface area contributed by atoms with Gasteiger partial charge in [0.05, 0.1) is 26.4 Å². The summed E-state index contributed by atoms with van der Waals surface area (Å²) in [6.45, 7) is 4.90. The molecule has 1 aliphatic heterocycles. The number of nitrogens with zero attached hydrogens (tertiary/aromatic N) is 1. The SMILES string of the molecule is C=C[C@@H](c1ccc(N2CC=CC2)c(Cl)c1)C(F)(S(=O)(=O)c1ccccc1)S(=O)(=O)c1ccccc1. The smallest absolute Gasteiger partial charge is 0.327 e. The van der Waals surface area contributed by atoms with Crippen molar-refractivity contribution in [3.05, 3.63) is 114 Å². The van der Waals surface area contributed by atoms with Crippen molar-refractivity contribution in [2.75, 3.05) is 18.0 Å². The number of alkyl halides is 1. The van der Waals surface area contributed by atoms with Crippen LogP contribution in [0.15, 0.2) is 113 Å². The fourth-order valence-electron chi connectivity index (χ4n) is 4.12. The molecule has 0 aliphatic carbocycles. The predicted octanol–water partition coefficient (Wildman–Crippen LogP) is 5.56. The summed E-state index contributed by atoms with van der Waals surface area (Å²) >= 11 is 6.50. The summed E-state index contributed by atoms with van der Waals surface area (Å²) < 4.78 is 68.5. The minimum atomic E-state index is -5.09. The number of halogens is 2. The largest absolute Gasteiger partial charge is 0.363 e. The summed E-state index contributed by atoms with van der Waals surface area (Å²) in [7, 11) is -10.2. The lowest BCUT2D eigenvalue weighted by Crippen LogP contribution is -2.47. The lowest BCUT2D eigenvalue weighted by atomic mass is 9.99. The van der Waals surface area contributed by atoms with Gasteiger partial charge in [-0.1, -0.05) is 72.3 Å². The van der Waals surface area contributed by atoms with Crippen LogP contribution in [0, 0.1) is 0 Å². The van der Waals surface area contributed by atoms with E-state index in [9.17, 15) is 16.8 Å². The van der Waals surface area contributed by atoms with Crippen LogP contribution in [0.2, 0.25) is 5.02 Å². The Hall–Kier alpha value is -2.94. The molecule has 3 aromatic carbocycles. The molecule has 1 aliphatic rings. The molecule has 4 rings (SSSR count). The molecule has 0 unspecified atom stereocenters. The number of sulfone groups is 2. The Balaban J connectivity index is 1.94. The summed E-state index contributed by atoms with van der Waals surface area (Å²) in [6, 6.07) is 17.9. The van der Waals surface area contributed by atoms with Gasteiger partial charge in [-0.2, -0.15) is 0 Å². The topological polar surface area (TPSA) is 71.5 Å². The molecule has 0 radical (unpaired) electrons. The second-order valence-electron chi connectivity index (χ2n) is 8.02. The fraction of sp³-hybridized carbons (Fsp3) is 0.154. The van der Waals surface area contributed by atoms with Gasteiger partial charge in [-0.3, -0.25) is 0 Å². The minimum absolute atomic E-state index is 0.0717. The zero-order valence-electron chi connectivity index (χ0n) is 18.6. The van der Waals surface area contributed by atoms with Crippen LogP contribution in [0.4, 0.5) is 10.1 Å². The maximum absolute atomic E-state index is 17.3. The van der Waals surface area contributed by atoms with Crippen molar-refractivity contribution in [1.29, 1.82) is 0 Å². The van der Waals surface area contributed by atoms with Gasteiger partial charge in [0, 0.05) is 13.1 Å². The van der Waals surface area contributed by atoms with Crippen LogP contribution >= 0.6 is 11.6 Å². The molecular formula is C26H23ClFNO4S2. The molecule has 3 aromatic rings. The summed E-state index contributed by atoms with van der Waals surface area (Å²) in [6.07, 6.45) is 4.95. The zero-order valence-corrected chi connectivity index (χ0v) is 21.0. The van der Waals surface area contributed by atoms with E-state index in [2.05, 4.69) is 6.58 Å². The van der Waals surface area contributed by atoms with Gasteiger partial charge in [0.15, 0.2) is 0 Å². The monoisotopic (exact) mass is 531 g/mol. The summed E-state index contributed by atoms with van der Waals surface area (Å²) in [5.74, 6) is -1.78. The first kappa shape index (κ1) is 25.2. The molecule has 0 N–H and O–H groups in total. The van der Waals surface area contributed by atoms with Gasteiger partial charge >= 0.3 is 4.33 Å². The van der Waals surface area contributed by atoms with Crippen molar-refractivity contribution in [2.45, 2.75) is 20.0 Å². The quantitative estimate of drug-likeness (QED) is 0.356. The maximum atomic E-state index is 17.3. The molecule has 9 heteroatoms. The zero-order chi connectivity index (χ0) is 25.3. The molecule has 5 nitrogen and oxygen atoms in total. The summed E-state index contributed by atoms with van der Waals surface area (Å²) in [4.78, 5) is 1.05. The lowest BCUT2D eigenvalue weighted by molar-refractivity contribution is 0.331. The second-order valence-corrected chi connectivity index (χ2v) is 12.8. The van der Waals surface area contributed by atoms with Crippen molar-refractivity contribution in [3.8, 4) is 0 Å². The number of hydrogen-bond donors (Lipinski definition) is 0. The van der Waals surface area contributed by atoms with E-state index in [1.54, 1.807) is 18.2 Å². The molecule has 0 spiro atoms. The van der Waals surface area contributed by atoms with Crippen LogP contribution in [0.1, 0.15) is 11.5 Å².